The molecule has 0 amide bonds. The minimum atomic E-state index is -0.396. The van der Waals surface area contributed by atoms with Gasteiger partial charge in [0.05, 0.1) is 13.7 Å². The molecule has 4 heteroatoms. The Balaban J connectivity index is 0.00000112. The van der Waals surface area contributed by atoms with Crippen molar-refractivity contribution in [1.82, 2.24) is 5.32 Å². The molecule has 1 aliphatic heterocycles. The van der Waals surface area contributed by atoms with Crippen LogP contribution in [0.5, 0.6) is 5.75 Å². The van der Waals surface area contributed by atoms with Crippen molar-refractivity contribution in [3.63, 3.8) is 0 Å². The van der Waals surface area contributed by atoms with Gasteiger partial charge >= 0.3 is 0 Å². The zero-order valence-corrected chi connectivity index (χ0v) is 9.76. The first-order chi connectivity index (χ1) is 6.76. The normalized spacial score (nSPS) is 24.7. The second kappa shape index (κ2) is 4.84. The second-order valence-corrected chi connectivity index (χ2v) is 3.51. The van der Waals surface area contributed by atoms with E-state index in [4.69, 9.17) is 9.47 Å². The van der Waals surface area contributed by atoms with Crippen LogP contribution < -0.4 is 10.1 Å². The molecule has 0 radical (unpaired) electrons. The molecule has 1 heterocycles. The van der Waals surface area contributed by atoms with Crippen molar-refractivity contribution in [3.8, 4) is 5.75 Å². The maximum atomic E-state index is 5.68. The summed E-state index contributed by atoms with van der Waals surface area (Å²) < 4.78 is 11.0. The van der Waals surface area contributed by atoms with Gasteiger partial charge in [-0.1, -0.05) is 18.2 Å². The highest BCUT2D eigenvalue weighted by atomic mass is 35.5. The summed E-state index contributed by atoms with van der Waals surface area (Å²) in [5, 5.41) is 3.32. The van der Waals surface area contributed by atoms with Gasteiger partial charge in [0, 0.05) is 12.1 Å². The molecule has 2 rings (SSSR count). The van der Waals surface area contributed by atoms with Gasteiger partial charge in [0.1, 0.15) is 11.5 Å². The minimum absolute atomic E-state index is 0. The third kappa shape index (κ3) is 2.25. The molecule has 0 bridgehead atoms. The van der Waals surface area contributed by atoms with Crippen LogP contribution in [0.25, 0.3) is 0 Å². The molecule has 0 aliphatic carbocycles. The SMILES string of the molecule is COc1ccccc1C1(C)NCCO1.Cl. The zero-order valence-electron chi connectivity index (χ0n) is 8.95. The highest BCUT2D eigenvalue weighted by Gasteiger charge is 2.33. The Morgan fingerprint density at radius 3 is 2.73 bits per heavy atom. The van der Waals surface area contributed by atoms with Crippen LogP contribution in [0, 0.1) is 0 Å². The third-order valence-corrected chi connectivity index (χ3v) is 2.58. The predicted molar refractivity (Wildman–Crippen MR) is 61.5 cm³/mol. The first-order valence-corrected chi connectivity index (χ1v) is 4.79. The first-order valence-electron chi connectivity index (χ1n) is 4.79. The summed E-state index contributed by atoms with van der Waals surface area (Å²) in [5.74, 6) is 0.865. The van der Waals surface area contributed by atoms with E-state index in [-0.39, 0.29) is 12.4 Å². The fourth-order valence-corrected chi connectivity index (χ4v) is 1.81. The Labute approximate surface area is 96.2 Å². The summed E-state index contributed by atoms with van der Waals surface area (Å²) in [6, 6.07) is 7.92. The maximum Gasteiger partial charge on any atom is 0.146 e. The van der Waals surface area contributed by atoms with Crippen molar-refractivity contribution in [3.05, 3.63) is 29.8 Å². The number of hydrogen-bond acceptors (Lipinski definition) is 3. The number of ether oxygens (including phenoxy) is 2. The van der Waals surface area contributed by atoms with Crippen LogP contribution in [-0.4, -0.2) is 20.3 Å². The van der Waals surface area contributed by atoms with Gasteiger partial charge in [0.2, 0.25) is 0 Å². The predicted octanol–water partition coefficient (Wildman–Crippen LogP) is 1.91. The first kappa shape index (κ1) is 12.3. The fraction of sp³-hybridized carbons (Fsp3) is 0.455. The molecule has 1 aliphatic rings. The van der Waals surface area contributed by atoms with E-state index in [1.807, 2.05) is 31.2 Å². The zero-order chi connectivity index (χ0) is 10.0. The molecule has 1 aromatic rings. The van der Waals surface area contributed by atoms with Crippen LogP contribution in [0.4, 0.5) is 0 Å². The van der Waals surface area contributed by atoms with E-state index in [2.05, 4.69) is 5.32 Å². The summed E-state index contributed by atoms with van der Waals surface area (Å²) in [6.45, 7) is 3.65. The lowest BCUT2D eigenvalue weighted by atomic mass is 10.0. The average molecular weight is 230 g/mol. The van der Waals surface area contributed by atoms with Crippen LogP contribution in [-0.2, 0) is 10.5 Å². The second-order valence-electron chi connectivity index (χ2n) is 3.51. The lowest BCUT2D eigenvalue weighted by molar-refractivity contribution is 0.000675. The van der Waals surface area contributed by atoms with Crippen molar-refractivity contribution >= 4 is 12.4 Å². The van der Waals surface area contributed by atoms with E-state index in [1.165, 1.54) is 0 Å². The van der Waals surface area contributed by atoms with Gasteiger partial charge in [-0.05, 0) is 13.0 Å². The molecule has 0 aromatic heterocycles. The Bertz CT molecular complexity index is 324. The molecule has 1 saturated heterocycles. The summed E-state index contributed by atoms with van der Waals surface area (Å²) in [5.41, 5.74) is 0.659. The molecular formula is C11H16ClNO2. The molecule has 84 valence electrons. The Kier molecular flexibility index (Phi) is 3.97. The molecule has 0 spiro atoms. The number of methoxy groups -OCH3 is 1. The number of halogens is 1. The highest BCUT2D eigenvalue weighted by Crippen LogP contribution is 2.32. The molecule has 1 atom stereocenters. The number of hydrogen-bond donors (Lipinski definition) is 1. The standard InChI is InChI=1S/C11H15NO2.ClH/c1-11(12-7-8-14-11)9-5-3-4-6-10(9)13-2;/h3-6,12H,7-8H2,1-2H3;1H. The summed E-state index contributed by atoms with van der Waals surface area (Å²) in [7, 11) is 1.68. The molecule has 0 saturated carbocycles. The van der Waals surface area contributed by atoms with E-state index in [9.17, 15) is 0 Å². The maximum absolute atomic E-state index is 5.68. The van der Waals surface area contributed by atoms with E-state index >= 15 is 0 Å². The molecular weight excluding hydrogens is 214 g/mol. The average Bonchev–Trinajstić information content (AvgIpc) is 2.66. The smallest absolute Gasteiger partial charge is 0.146 e. The minimum Gasteiger partial charge on any atom is -0.496 e. The summed E-state index contributed by atoms with van der Waals surface area (Å²) >= 11 is 0. The van der Waals surface area contributed by atoms with Gasteiger partial charge in [0.15, 0.2) is 0 Å². The number of nitrogens with one attached hydrogen (secondary N) is 1. The van der Waals surface area contributed by atoms with Crippen molar-refractivity contribution < 1.29 is 9.47 Å². The number of para-hydroxylation sites is 1. The highest BCUT2D eigenvalue weighted by molar-refractivity contribution is 5.85. The van der Waals surface area contributed by atoms with Gasteiger partial charge in [-0.25, -0.2) is 0 Å². The molecule has 15 heavy (non-hydrogen) atoms. The topological polar surface area (TPSA) is 30.5 Å². The Morgan fingerprint density at radius 1 is 1.40 bits per heavy atom. The van der Waals surface area contributed by atoms with Crippen LogP contribution in [0.2, 0.25) is 0 Å². The van der Waals surface area contributed by atoms with Gasteiger partial charge in [0.25, 0.3) is 0 Å². The number of benzene rings is 1. The molecule has 1 aromatic carbocycles. The lowest BCUT2D eigenvalue weighted by Gasteiger charge is -2.25. The van der Waals surface area contributed by atoms with Crippen molar-refractivity contribution in [1.29, 1.82) is 0 Å². The molecule has 1 unspecified atom stereocenters. The van der Waals surface area contributed by atoms with Crippen LogP contribution >= 0.6 is 12.4 Å². The van der Waals surface area contributed by atoms with Crippen LogP contribution in [0.15, 0.2) is 24.3 Å². The Hall–Kier alpha value is -0.770. The monoisotopic (exact) mass is 229 g/mol. The molecule has 3 nitrogen and oxygen atoms in total. The van der Waals surface area contributed by atoms with E-state index < -0.39 is 5.72 Å². The van der Waals surface area contributed by atoms with Gasteiger partial charge in [-0.3, -0.25) is 5.32 Å². The molecule has 1 N–H and O–H groups in total. The Morgan fingerprint density at radius 2 is 2.13 bits per heavy atom. The largest absolute Gasteiger partial charge is 0.496 e. The van der Waals surface area contributed by atoms with Gasteiger partial charge in [-0.2, -0.15) is 0 Å². The number of rotatable bonds is 2. The van der Waals surface area contributed by atoms with E-state index in [1.54, 1.807) is 7.11 Å². The summed E-state index contributed by atoms with van der Waals surface area (Å²) in [6.07, 6.45) is 0. The quantitative estimate of drug-likeness (QED) is 0.841. The van der Waals surface area contributed by atoms with Crippen molar-refractivity contribution in [2.24, 2.45) is 0 Å². The van der Waals surface area contributed by atoms with Crippen LogP contribution in [0.1, 0.15) is 12.5 Å². The van der Waals surface area contributed by atoms with Gasteiger partial charge < -0.3 is 9.47 Å². The lowest BCUT2D eigenvalue weighted by Crippen LogP contribution is -2.34. The van der Waals surface area contributed by atoms with Crippen molar-refractivity contribution in [2.75, 3.05) is 20.3 Å². The fourth-order valence-electron chi connectivity index (χ4n) is 1.81. The van der Waals surface area contributed by atoms with Gasteiger partial charge in [-0.15, -0.1) is 12.4 Å². The summed E-state index contributed by atoms with van der Waals surface area (Å²) in [4.78, 5) is 0. The molecule has 1 fully saturated rings. The third-order valence-electron chi connectivity index (χ3n) is 2.58. The van der Waals surface area contributed by atoms with E-state index in [0.29, 0.717) is 0 Å². The van der Waals surface area contributed by atoms with Crippen molar-refractivity contribution in [2.45, 2.75) is 12.6 Å². The van der Waals surface area contributed by atoms with Crippen LogP contribution in [0.3, 0.4) is 0 Å². The van der Waals surface area contributed by atoms with E-state index in [0.717, 1.165) is 24.5 Å².